The first-order valence-corrected chi connectivity index (χ1v) is 16.1. The van der Waals surface area contributed by atoms with Crippen LogP contribution in [-0.2, 0) is 27.3 Å². The van der Waals surface area contributed by atoms with E-state index in [4.69, 9.17) is 4.74 Å². The molecule has 3 aromatic carbocycles. The number of aryl methyl sites for hydroxylation is 3. The standard InChI is InChI=1S/C35H44N4O5S/c1-22-12-10-11-15-26(22)19-37-33(42)32-35(4,5)45-21-39(32)34(43)30(41)28(18-25-13-8-7-9-14-25)38-29(40)20-44-31-23(2)16-27(36-6)17-24(31)3/h7-17,28,30,32,36,41H,18-21H2,1-6H3,(H,37,42)(H,38,40)/t28-,30-,32+/m0/s1. The van der Waals surface area contributed by atoms with Crippen molar-refractivity contribution in [1.82, 2.24) is 15.5 Å². The molecule has 0 spiro atoms. The summed E-state index contributed by atoms with van der Waals surface area (Å²) in [6.45, 7) is 9.68. The fourth-order valence-electron chi connectivity index (χ4n) is 5.66. The summed E-state index contributed by atoms with van der Waals surface area (Å²) < 4.78 is 5.31. The third kappa shape index (κ3) is 8.38. The average Bonchev–Trinajstić information content (AvgIpc) is 3.34. The number of thioether (sulfide) groups is 1. The molecular formula is C35H44N4O5S. The van der Waals surface area contributed by atoms with Crippen LogP contribution in [0.3, 0.4) is 0 Å². The van der Waals surface area contributed by atoms with E-state index >= 15 is 0 Å². The van der Waals surface area contributed by atoms with Gasteiger partial charge in [-0.15, -0.1) is 11.8 Å². The van der Waals surface area contributed by atoms with Crippen LogP contribution in [0.5, 0.6) is 5.75 Å². The van der Waals surface area contributed by atoms with Crippen LogP contribution in [0.2, 0.25) is 0 Å². The number of ether oxygens (including phenoxy) is 1. The van der Waals surface area contributed by atoms with Crippen LogP contribution in [0.15, 0.2) is 66.7 Å². The number of carbonyl (C=O) groups is 3. The number of amides is 3. The molecule has 3 aromatic rings. The third-order valence-corrected chi connectivity index (χ3v) is 9.54. The predicted octanol–water partition coefficient (Wildman–Crippen LogP) is 4.12. The second-order valence-electron chi connectivity index (χ2n) is 12.0. The second kappa shape index (κ2) is 14.8. The summed E-state index contributed by atoms with van der Waals surface area (Å²) in [5.74, 6) is -0.526. The van der Waals surface area contributed by atoms with Gasteiger partial charge in [-0.1, -0.05) is 54.6 Å². The normalized spacial score (nSPS) is 16.9. The van der Waals surface area contributed by atoms with Crippen molar-refractivity contribution in [3.8, 4) is 5.75 Å². The summed E-state index contributed by atoms with van der Waals surface area (Å²) in [4.78, 5) is 42.1. The summed E-state index contributed by atoms with van der Waals surface area (Å²) in [6, 6.07) is 19.3. The molecular weight excluding hydrogens is 588 g/mol. The van der Waals surface area contributed by atoms with Gasteiger partial charge in [0.25, 0.3) is 11.8 Å². The first-order valence-electron chi connectivity index (χ1n) is 15.1. The number of hydrogen-bond acceptors (Lipinski definition) is 7. The van der Waals surface area contributed by atoms with Gasteiger partial charge in [0, 0.05) is 24.0 Å². The zero-order valence-electron chi connectivity index (χ0n) is 26.8. The van der Waals surface area contributed by atoms with Crippen LogP contribution in [0.25, 0.3) is 0 Å². The molecule has 45 heavy (non-hydrogen) atoms. The van der Waals surface area contributed by atoms with Crippen molar-refractivity contribution in [2.45, 2.75) is 70.5 Å². The highest BCUT2D eigenvalue weighted by Gasteiger charge is 2.49. The zero-order valence-corrected chi connectivity index (χ0v) is 27.7. The van der Waals surface area contributed by atoms with Gasteiger partial charge in [-0.2, -0.15) is 0 Å². The Morgan fingerprint density at radius 1 is 1.00 bits per heavy atom. The molecule has 240 valence electrons. The number of nitrogens with one attached hydrogen (secondary N) is 3. The van der Waals surface area contributed by atoms with E-state index < -0.39 is 34.7 Å². The minimum atomic E-state index is -1.59. The number of aliphatic hydroxyl groups excluding tert-OH is 1. The van der Waals surface area contributed by atoms with E-state index in [1.807, 2.05) is 108 Å². The van der Waals surface area contributed by atoms with E-state index in [0.717, 1.165) is 33.5 Å². The van der Waals surface area contributed by atoms with E-state index in [-0.39, 0.29) is 24.8 Å². The molecule has 3 atom stereocenters. The quantitative estimate of drug-likeness (QED) is 0.237. The first-order chi connectivity index (χ1) is 21.4. The lowest BCUT2D eigenvalue weighted by Gasteiger charge is -2.33. The van der Waals surface area contributed by atoms with Crippen LogP contribution in [-0.4, -0.2) is 70.2 Å². The Kier molecular flexibility index (Phi) is 11.2. The largest absolute Gasteiger partial charge is 0.483 e. The number of anilines is 1. The number of hydrogen-bond donors (Lipinski definition) is 4. The zero-order chi connectivity index (χ0) is 32.7. The van der Waals surface area contributed by atoms with Gasteiger partial charge < -0.3 is 30.7 Å². The number of benzene rings is 3. The van der Waals surface area contributed by atoms with Gasteiger partial charge >= 0.3 is 0 Å². The summed E-state index contributed by atoms with van der Waals surface area (Å²) in [5, 5.41) is 20.4. The van der Waals surface area contributed by atoms with Gasteiger partial charge in [0.2, 0.25) is 5.91 Å². The van der Waals surface area contributed by atoms with Crippen molar-refractivity contribution in [2.75, 3.05) is 24.8 Å². The average molecular weight is 633 g/mol. The summed E-state index contributed by atoms with van der Waals surface area (Å²) in [5.41, 5.74) is 5.59. The highest BCUT2D eigenvalue weighted by Crippen LogP contribution is 2.40. The van der Waals surface area contributed by atoms with Crippen LogP contribution in [0, 0.1) is 20.8 Å². The van der Waals surface area contributed by atoms with Crippen LogP contribution in [0.4, 0.5) is 5.69 Å². The number of carbonyl (C=O) groups excluding carboxylic acids is 3. The van der Waals surface area contributed by atoms with Gasteiger partial charge in [-0.25, -0.2) is 0 Å². The minimum absolute atomic E-state index is 0.211. The van der Waals surface area contributed by atoms with Crippen LogP contribution in [0.1, 0.15) is 41.7 Å². The Bertz CT molecular complexity index is 1490. The van der Waals surface area contributed by atoms with E-state index in [1.54, 1.807) is 0 Å². The maximum atomic E-state index is 13.9. The Hall–Kier alpha value is -4.02. The van der Waals surface area contributed by atoms with Gasteiger partial charge in [0.05, 0.1) is 11.9 Å². The Balaban J connectivity index is 1.49. The van der Waals surface area contributed by atoms with Gasteiger partial charge in [-0.05, 0) is 81.0 Å². The van der Waals surface area contributed by atoms with Crippen molar-refractivity contribution < 1.29 is 24.2 Å². The number of nitrogens with zero attached hydrogens (tertiary/aromatic N) is 1. The molecule has 0 aliphatic carbocycles. The molecule has 1 aliphatic heterocycles. The SMILES string of the molecule is CNc1cc(C)c(OCC(=O)N[C@@H](Cc2ccccc2)[C@H](O)C(=O)N2CSC(C)(C)[C@H]2C(=O)NCc2ccccc2C)c(C)c1. The number of aliphatic hydroxyl groups is 1. The smallest absolute Gasteiger partial charge is 0.258 e. The Morgan fingerprint density at radius 3 is 2.29 bits per heavy atom. The molecule has 3 amide bonds. The van der Waals surface area contributed by atoms with E-state index in [1.165, 1.54) is 16.7 Å². The lowest BCUT2D eigenvalue weighted by atomic mass is 9.97. The molecule has 4 N–H and O–H groups in total. The van der Waals surface area contributed by atoms with Crippen molar-refractivity contribution >= 4 is 35.2 Å². The van der Waals surface area contributed by atoms with E-state index in [2.05, 4.69) is 16.0 Å². The fourth-order valence-corrected chi connectivity index (χ4v) is 6.80. The number of rotatable bonds is 12. The van der Waals surface area contributed by atoms with Crippen LogP contribution < -0.4 is 20.7 Å². The second-order valence-corrected chi connectivity index (χ2v) is 13.6. The molecule has 1 heterocycles. The topological polar surface area (TPSA) is 120 Å². The molecule has 0 bridgehead atoms. The monoisotopic (exact) mass is 632 g/mol. The highest BCUT2D eigenvalue weighted by atomic mass is 32.2. The molecule has 0 aromatic heterocycles. The molecule has 0 radical (unpaired) electrons. The minimum Gasteiger partial charge on any atom is -0.483 e. The van der Waals surface area contributed by atoms with Crippen LogP contribution >= 0.6 is 11.8 Å². The maximum absolute atomic E-state index is 13.9. The summed E-state index contributed by atoms with van der Waals surface area (Å²) in [6.07, 6.45) is -1.38. The fraction of sp³-hybridized carbons (Fsp3) is 0.400. The van der Waals surface area contributed by atoms with Gasteiger partial charge in [0.15, 0.2) is 12.7 Å². The van der Waals surface area contributed by atoms with Crippen molar-refractivity contribution in [1.29, 1.82) is 0 Å². The Morgan fingerprint density at radius 2 is 1.64 bits per heavy atom. The lowest BCUT2D eigenvalue weighted by molar-refractivity contribution is -0.148. The highest BCUT2D eigenvalue weighted by molar-refractivity contribution is 8.00. The maximum Gasteiger partial charge on any atom is 0.258 e. The molecule has 0 saturated carbocycles. The molecule has 10 heteroatoms. The Labute approximate surface area is 270 Å². The molecule has 0 unspecified atom stereocenters. The van der Waals surface area contributed by atoms with Crippen molar-refractivity contribution in [3.63, 3.8) is 0 Å². The molecule has 1 saturated heterocycles. The molecule has 1 fully saturated rings. The molecule has 9 nitrogen and oxygen atoms in total. The molecule has 1 aliphatic rings. The van der Waals surface area contributed by atoms with Crippen molar-refractivity contribution in [2.24, 2.45) is 0 Å². The first kappa shape index (κ1) is 33.9. The van der Waals surface area contributed by atoms with E-state index in [0.29, 0.717) is 12.3 Å². The van der Waals surface area contributed by atoms with Crippen molar-refractivity contribution in [3.05, 3.63) is 94.5 Å². The van der Waals surface area contributed by atoms with Gasteiger partial charge in [-0.3, -0.25) is 14.4 Å². The molecule has 4 rings (SSSR count). The third-order valence-electron chi connectivity index (χ3n) is 8.17. The predicted molar refractivity (Wildman–Crippen MR) is 179 cm³/mol. The van der Waals surface area contributed by atoms with Gasteiger partial charge in [0.1, 0.15) is 11.8 Å². The lowest BCUT2D eigenvalue weighted by Crippen LogP contribution is -2.59. The van der Waals surface area contributed by atoms with E-state index in [9.17, 15) is 19.5 Å². The summed E-state index contributed by atoms with van der Waals surface area (Å²) >= 11 is 1.48. The summed E-state index contributed by atoms with van der Waals surface area (Å²) in [7, 11) is 1.84.